The van der Waals surface area contributed by atoms with E-state index in [0.29, 0.717) is 11.5 Å². The van der Waals surface area contributed by atoms with Crippen LogP contribution in [0.5, 0.6) is 11.5 Å². The van der Waals surface area contributed by atoms with Gasteiger partial charge < -0.3 is 19.7 Å². The van der Waals surface area contributed by atoms with Crippen molar-refractivity contribution >= 4 is 0 Å². The first-order valence-corrected chi connectivity index (χ1v) is 8.16. The molecule has 1 heterocycles. The van der Waals surface area contributed by atoms with E-state index in [2.05, 4.69) is 17.5 Å². The number of aliphatic hydroxyl groups excluding tert-OH is 2. The highest BCUT2D eigenvalue weighted by atomic mass is 16.6. The summed E-state index contributed by atoms with van der Waals surface area (Å²) in [7, 11) is 1.60. The predicted octanol–water partition coefficient (Wildman–Crippen LogP) is 2.10. The molecule has 2 N–H and O–H groups in total. The number of nitrogens with zero attached hydrogens (tertiary/aromatic N) is 1. The first-order chi connectivity index (χ1) is 11.2. The summed E-state index contributed by atoms with van der Waals surface area (Å²) in [5.74, 6) is 1.17. The van der Waals surface area contributed by atoms with Gasteiger partial charge in [0, 0.05) is 25.1 Å². The van der Waals surface area contributed by atoms with E-state index >= 15 is 0 Å². The number of hydrogen-bond donors (Lipinski definition) is 2. The van der Waals surface area contributed by atoms with Crippen molar-refractivity contribution in [2.45, 2.75) is 38.5 Å². The van der Waals surface area contributed by atoms with Crippen LogP contribution in [0.1, 0.15) is 30.4 Å². The van der Waals surface area contributed by atoms with Crippen LogP contribution in [0.2, 0.25) is 0 Å². The van der Waals surface area contributed by atoms with Crippen LogP contribution in [-0.2, 0) is 13.0 Å². The molecule has 1 aliphatic heterocycles. The van der Waals surface area contributed by atoms with E-state index in [1.165, 1.54) is 12.8 Å². The van der Waals surface area contributed by atoms with E-state index in [1.807, 2.05) is 12.1 Å². The van der Waals surface area contributed by atoms with Crippen molar-refractivity contribution in [2.75, 3.05) is 26.8 Å². The van der Waals surface area contributed by atoms with Gasteiger partial charge in [-0.25, -0.2) is 0 Å². The van der Waals surface area contributed by atoms with Gasteiger partial charge in [0.1, 0.15) is 0 Å². The van der Waals surface area contributed by atoms with Crippen LogP contribution in [0.25, 0.3) is 0 Å². The third kappa shape index (κ3) is 4.96. The average molecular weight is 321 g/mol. The Labute approximate surface area is 138 Å². The van der Waals surface area contributed by atoms with Crippen molar-refractivity contribution in [2.24, 2.45) is 0 Å². The molecule has 0 saturated carbocycles. The highest BCUT2D eigenvalue weighted by Crippen LogP contribution is 2.35. The zero-order valence-corrected chi connectivity index (χ0v) is 13.8. The molecule has 5 heteroatoms. The van der Waals surface area contributed by atoms with E-state index < -0.39 is 6.29 Å². The van der Waals surface area contributed by atoms with Gasteiger partial charge in [-0.05, 0) is 44.0 Å². The second-order valence-electron chi connectivity index (χ2n) is 5.85. The number of rotatable bonds is 9. The minimum absolute atomic E-state index is 0.126. The maximum Gasteiger partial charge on any atom is 0.199 e. The van der Waals surface area contributed by atoms with Crippen LogP contribution in [0.4, 0.5) is 0 Å². The molecular formula is C18H27NO4. The lowest BCUT2D eigenvalue weighted by Crippen LogP contribution is -2.22. The minimum atomic E-state index is -1.04. The van der Waals surface area contributed by atoms with Crippen LogP contribution >= 0.6 is 0 Å². The maximum atomic E-state index is 9.91. The van der Waals surface area contributed by atoms with Gasteiger partial charge in [-0.15, -0.1) is 6.58 Å². The molecule has 128 valence electrons. The molecule has 23 heavy (non-hydrogen) atoms. The largest absolute Gasteiger partial charge is 0.493 e. The standard InChI is InChI=1S/C18H27NO4/c1-3-6-14-11-15(13-19-8-4-5-9-19)18(16(12-14)22-2)23-17(21)7-10-20/h3,11-12,17,20-21H,1,4-10,13H2,2H3. The van der Waals surface area contributed by atoms with Crippen LogP contribution in [0, 0.1) is 0 Å². The predicted molar refractivity (Wildman–Crippen MR) is 89.7 cm³/mol. The van der Waals surface area contributed by atoms with Crippen molar-refractivity contribution in [1.29, 1.82) is 0 Å². The van der Waals surface area contributed by atoms with Crippen molar-refractivity contribution < 1.29 is 19.7 Å². The molecule has 1 aromatic carbocycles. The first-order valence-electron chi connectivity index (χ1n) is 8.16. The lowest BCUT2D eigenvalue weighted by molar-refractivity contribution is -0.0350. The zero-order valence-electron chi connectivity index (χ0n) is 13.8. The Bertz CT molecular complexity index is 512. The second-order valence-corrected chi connectivity index (χ2v) is 5.85. The Morgan fingerprint density at radius 2 is 2.09 bits per heavy atom. The van der Waals surface area contributed by atoms with Gasteiger partial charge in [-0.3, -0.25) is 4.90 Å². The molecule has 0 aliphatic carbocycles. The summed E-state index contributed by atoms with van der Waals surface area (Å²) < 4.78 is 11.1. The SMILES string of the molecule is C=CCc1cc(CN2CCCC2)c(OC(O)CCO)c(OC)c1. The Hall–Kier alpha value is -1.56. The quantitative estimate of drug-likeness (QED) is 0.539. The van der Waals surface area contributed by atoms with Crippen LogP contribution in [0.3, 0.4) is 0 Å². The summed E-state index contributed by atoms with van der Waals surface area (Å²) in [6, 6.07) is 4.00. The zero-order chi connectivity index (χ0) is 16.7. The number of allylic oxidation sites excluding steroid dienone is 1. The van der Waals surface area contributed by atoms with Gasteiger partial charge in [-0.1, -0.05) is 12.1 Å². The molecule has 0 spiro atoms. The van der Waals surface area contributed by atoms with E-state index in [1.54, 1.807) is 7.11 Å². The number of ether oxygens (including phenoxy) is 2. The molecule has 1 fully saturated rings. The molecular weight excluding hydrogens is 294 g/mol. The monoisotopic (exact) mass is 321 g/mol. The summed E-state index contributed by atoms with van der Waals surface area (Å²) in [6.45, 7) is 6.58. The van der Waals surface area contributed by atoms with E-state index in [4.69, 9.17) is 14.6 Å². The van der Waals surface area contributed by atoms with Gasteiger partial charge in [0.2, 0.25) is 0 Å². The fourth-order valence-corrected chi connectivity index (χ4v) is 2.90. The molecule has 5 nitrogen and oxygen atoms in total. The highest BCUT2D eigenvalue weighted by molar-refractivity contribution is 5.50. The van der Waals surface area contributed by atoms with Gasteiger partial charge >= 0.3 is 0 Å². The summed E-state index contributed by atoms with van der Waals surface area (Å²) in [5, 5.41) is 18.9. The first kappa shape index (κ1) is 17.8. The lowest BCUT2D eigenvalue weighted by atomic mass is 10.1. The Kier molecular flexibility index (Phi) is 6.89. The molecule has 0 radical (unpaired) electrons. The Morgan fingerprint density at radius 1 is 1.35 bits per heavy atom. The van der Waals surface area contributed by atoms with Crippen molar-refractivity contribution in [3.05, 3.63) is 35.9 Å². The Balaban J connectivity index is 2.31. The van der Waals surface area contributed by atoms with Crippen molar-refractivity contribution in [3.63, 3.8) is 0 Å². The van der Waals surface area contributed by atoms with Crippen molar-refractivity contribution in [3.8, 4) is 11.5 Å². The van der Waals surface area contributed by atoms with Gasteiger partial charge in [-0.2, -0.15) is 0 Å². The lowest BCUT2D eigenvalue weighted by Gasteiger charge is -2.22. The second kappa shape index (κ2) is 8.91. The topological polar surface area (TPSA) is 62.2 Å². The molecule has 1 aromatic rings. The summed E-state index contributed by atoms with van der Waals surface area (Å²) in [4.78, 5) is 2.37. The van der Waals surface area contributed by atoms with Gasteiger partial charge in [0.15, 0.2) is 17.8 Å². The van der Waals surface area contributed by atoms with E-state index in [0.717, 1.165) is 37.2 Å². The minimum Gasteiger partial charge on any atom is -0.493 e. The molecule has 1 atom stereocenters. The number of benzene rings is 1. The molecule has 1 unspecified atom stereocenters. The molecule has 0 bridgehead atoms. The number of likely N-dealkylation sites (tertiary alicyclic amines) is 1. The van der Waals surface area contributed by atoms with Gasteiger partial charge in [0.25, 0.3) is 0 Å². The van der Waals surface area contributed by atoms with Crippen LogP contribution < -0.4 is 9.47 Å². The number of methoxy groups -OCH3 is 1. The molecule has 1 saturated heterocycles. The van der Waals surface area contributed by atoms with Crippen molar-refractivity contribution in [1.82, 2.24) is 4.90 Å². The fourth-order valence-electron chi connectivity index (χ4n) is 2.90. The maximum absolute atomic E-state index is 9.91. The molecule has 1 aliphatic rings. The molecule has 0 amide bonds. The highest BCUT2D eigenvalue weighted by Gasteiger charge is 2.20. The van der Waals surface area contributed by atoms with E-state index in [-0.39, 0.29) is 13.0 Å². The smallest absolute Gasteiger partial charge is 0.199 e. The molecule has 0 aromatic heterocycles. The molecule has 2 rings (SSSR count). The number of hydrogen-bond acceptors (Lipinski definition) is 5. The Morgan fingerprint density at radius 3 is 2.70 bits per heavy atom. The average Bonchev–Trinajstić information content (AvgIpc) is 3.03. The summed E-state index contributed by atoms with van der Waals surface area (Å²) in [6.07, 6.45) is 4.16. The van der Waals surface area contributed by atoms with E-state index in [9.17, 15) is 5.11 Å². The summed E-state index contributed by atoms with van der Waals surface area (Å²) in [5.41, 5.74) is 2.11. The normalized spacial score (nSPS) is 16.3. The fraction of sp³-hybridized carbons (Fsp3) is 0.556. The van der Waals surface area contributed by atoms with Gasteiger partial charge in [0.05, 0.1) is 7.11 Å². The van der Waals surface area contributed by atoms with Crippen LogP contribution in [0.15, 0.2) is 24.8 Å². The summed E-state index contributed by atoms with van der Waals surface area (Å²) >= 11 is 0. The number of aliphatic hydroxyl groups is 2. The van der Waals surface area contributed by atoms with Crippen LogP contribution in [-0.4, -0.2) is 48.2 Å². The third-order valence-electron chi connectivity index (χ3n) is 4.01. The third-order valence-corrected chi connectivity index (χ3v) is 4.01.